The SMILES string of the molecule is O=C(O)CN(CC1CC1)C1CC(Nc2cc(N3CCc4ccccc43)ncn2)C1. The number of para-hydroxylation sites is 1. The monoisotopic (exact) mass is 393 g/mol. The van der Waals surface area contributed by atoms with Crippen LogP contribution in [0.15, 0.2) is 36.7 Å². The van der Waals surface area contributed by atoms with E-state index in [0.29, 0.717) is 18.0 Å². The molecule has 7 heteroatoms. The van der Waals surface area contributed by atoms with Crippen molar-refractivity contribution in [3.05, 3.63) is 42.2 Å². The molecule has 0 radical (unpaired) electrons. The predicted molar refractivity (Wildman–Crippen MR) is 112 cm³/mol. The Morgan fingerprint density at radius 3 is 2.86 bits per heavy atom. The number of nitrogens with zero attached hydrogens (tertiary/aromatic N) is 4. The second kappa shape index (κ2) is 7.63. The highest BCUT2D eigenvalue weighted by molar-refractivity contribution is 5.69. The largest absolute Gasteiger partial charge is 0.480 e. The summed E-state index contributed by atoms with van der Waals surface area (Å²) in [6.07, 6.45) is 7.08. The van der Waals surface area contributed by atoms with E-state index in [0.717, 1.165) is 44.0 Å². The van der Waals surface area contributed by atoms with Crippen molar-refractivity contribution in [2.75, 3.05) is 29.9 Å². The molecule has 5 rings (SSSR count). The van der Waals surface area contributed by atoms with Crippen LogP contribution < -0.4 is 10.2 Å². The van der Waals surface area contributed by atoms with Crippen molar-refractivity contribution >= 4 is 23.3 Å². The van der Waals surface area contributed by atoms with Gasteiger partial charge in [-0.15, -0.1) is 0 Å². The zero-order valence-electron chi connectivity index (χ0n) is 16.5. The van der Waals surface area contributed by atoms with Crippen LogP contribution in [-0.4, -0.2) is 57.7 Å². The molecule has 29 heavy (non-hydrogen) atoms. The van der Waals surface area contributed by atoms with Gasteiger partial charge in [-0.25, -0.2) is 9.97 Å². The van der Waals surface area contributed by atoms with E-state index in [-0.39, 0.29) is 6.54 Å². The van der Waals surface area contributed by atoms with Gasteiger partial charge in [0.15, 0.2) is 0 Å². The Hall–Kier alpha value is -2.67. The average molecular weight is 393 g/mol. The van der Waals surface area contributed by atoms with Gasteiger partial charge in [-0.3, -0.25) is 9.69 Å². The zero-order valence-corrected chi connectivity index (χ0v) is 16.5. The summed E-state index contributed by atoms with van der Waals surface area (Å²) in [5.74, 6) is 1.74. The highest BCUT2D eigenvalue weighted by atomic mass is 16.4. The standard InChI is InChI=1S/C22H27N5O2/c28-22(29)13-26(12-15-5-6-15)18-9-17(10-18)25-20-11-21(24-14-23-20)27-8-7-16-3-1-2-4-19(16)27/h1-4,11,14-15,17-18H,5-10,12-13H2,(H,28,29)(H,23,24,25). The molecule has 3 aliphatic rings. The van der Waals surface area contributed by atoms with E-state index >= 15 is 0 Å². The van der Waals surface area contributed by atoms with Crippen LogP contribution in [0, 0.1) is 5.92 Å². The molecule has 2 aliphatic carbocycles. The van der Waals surface area contributed by atoms with Crippen molar-refractivity contribution < 1.29 is 9.90 Å². The van der Waals surface area contributed by atoms with Gasteiger partial charge in [0.25, 0.3) is 0 Å². The topological polar surface area (TPSA) is 81.6 Å². The molecule has 7 nitrogen and oxygen atoms in total. The molecular weight excluding hydrogens is 366 g/mol. The van der Waals surface area contributed by atoms with E-state index in [9.17, 15) is 9.90 Å². The third-order valence-corrected chi connectivity index (χ3v) is 6.33. The average Bonchev–Trinajstić information content (AvgIpc) is 3.39. The molecule has 2 fully saturated rings. The first-order chi connectivity index (χ1) is 14.2. The molecule has 0 amide bonds. The fourth-order valence-corrected chi connectivity index (χ4v) is 4.51. The van der Waals surface area contributed by atoms with Gasteiger partial charge in [-0.05, 0) is 49.7 Å². The number of rotatable bonds is 8. The van der Waals surface area contributed by atoms with E-state index in [1.807, 2.05) is 6.07 Å². The second-order valence-electron chi connectivity index (χ2n) is 8.52. The van der Waals surface area contributed by atoms with Crippen molar-refractivity contribution in [2.24, 2.45) is 5.92 Å². The van der Waals surface area contributed by atoms with Crippen LogP contribution >= 0.6 is 0 Å². The predicted octanol–water partition coefficient (Wildman–Crippen LogP) is 2.91. The minimum atomic E-state index is -0.728. The molecule has 152 valence electrons. The summed E-state index contributed by atoms with van der Waals surface area (Å²) in [6.45, 7) is 2.02. The molecule has 1 aliphatic heterocycles. The number of aliphatic carboxylic acids is 1. The summed E-state index contributed by atoms with van der Waals surface area (Å²) < 4.78 is 0. The normalized spacial score (nSPS) is 23.0. The summed E-state index contributed by atoms with van der Waals surface area (Å²) in [5.41, 5.74) is 2.59. The first-order valence-electron chi connectivity index (χ1n) is 10.6. The van der Waals surface area contributed by atoms with Crippen LogP contribution in [0.1, 0.15) is 31.2 Å². The van der Waals surface area contributed by atoms with Crippen molar-refractivity contribution in [1.29, 1.82) is 0 Å². The number of carboxylic acids is 1. The summed E-state index contributed by atoms with van der Waals surface area (Å²) in [6, 6.07) is 11.2. The number of carboxylic acid groups (broad SMARTS) is 1. The zero-order chi connectivity index (χ0) is 19.8. The number of anilines is 3. The van der Waals surface area contributed by atoms with E-state index in [4.69, 9.17) is 0 Å². The molecule has 0 unspecified atom stereocenters. The first kappa shape index (κ1) is 18.4. The van der Waals surface area contributed by atoms with Crippen LogP contribution in [0.5, 0.6) is 0 Å². The fourth-order valence-electron chi connectivity index (χ4n) is 4.51. The van der Waals surface area contributed by atoms with Gasteiger partial charge < -0.3 is 15.3 Å². The molecule has 0 bridgehead atoms. The summed E-state index contributed by atoms with van der Waals surface area (Å²) in [5, 5.41) is 12.7. The van der Waals surface area contributed by atoms with Crippen LogP contribution in [-0.2, 0) is 11.2 Å². The highest BCUT2D eigenvalue weighted by Crippen LogP contribution is 2.36. The minimum Gasteiger partial charge on any atom is -0.480 e. The van der Waals surface area contributed by atoms with Gasteiger partial charge in [0.2, 0.25) is 0 Å². The molecule has 2 N–H and O–H groups in total. The lowest BCUT2D eigenvalue weighted by atomic mass is 9.85. The van der Waals surface area contributed by atoms with E-state index in [1.54, 1.807) is 6.33 Å². The maximum atomic E-state index is 11.2. The Labute approximate surface area is 170 Å². The molecule has 2 heterocycles. The Morgan fingerprint density at radius 1 is 1.24 bits per heavy atom. The summed E-state index contributed by atoms with van der Waals surface area (Å²) in [4.78, 5) is 24.5. The molecule has 2 saturated carbocycles. The number of fused-ring (bicyclic) bond motifs is 1. The smallest absolute Gasteiger partial charge is 0.317 e. The maximum Gasteiger partial charge on any atom is 0.317 e. The van der Waals surface area contributed by atoms with E-state index in [1.165, 1.54) is 24.1 Å². The molecule has 1 aromatic heterocycles. The van der Waals surface area contributed by atoms with Gasteiger partial charge in [0.05, 0.1) is 6.54 Å². The van der Waals surface area contributed by atoms with Gasteiger partial charge in [-0.1, -0.05) is 18.2 Å². The van der Waals surface area contributed by atoms with Crippen molar-refractivity contribution in [2.45, 2.75) is 44.2 Å². The van der Waals surface area contributed by atoms with Gasteiger partial charge in [0, 0.05) is 36.9 Å². The lowest BCUT2D eigenvalue weighted by molar-refractivity contribution is -0.139. The Kier molecular flexibility index (Phi) is 4.83. The summed E-state index contributed by atoms with van der Waals surface area (Å²) >= 11 is 0. The Bertz CT molecular complexity index is 894. The number of hydrogen-bond acceptors (Lipinski definition) is 6. The number of aromatic nitrogens is 2. The minimum absolute atomic E-state index is 0.153. The highest BCUT2D eigenvalue weighted by Gasteiger charge is 2.37. The molecule has 0 saturated heterocycles. The summed E-state index contributed by atoms with van der Waals surface area (Å²) in [7, 11) is 0. The van der Waals surface area contributed by atoms with Crippen LogP contribution in [0.25, 0.3) is 0 Å². The van der Waals surface area contributed by atoms with E-state index in [2.05, 4.69) is 49.4 Å². The molecule has 2 aromatic rings. The molecule has 0 spiro atoms. The Balaban J connectivity index is 1.20. The van der Waals surface area contributed by atoms with Gasteiger partial charge in [-0.2, -0.15) is 0 Å². The van der Waals surface area contributed by atoms with Crippen molar-refractivity contribution in [3.63, 3.8) is 0 Å². The van der Waals surface area contributed by atoms with E-state index < -0.39 is 5.97 Å². The third kappa shape index (κ3) is 4.05. The van der Waals surface area contributed by atoms with Crippen LogP contribution in [0.3, 0.4) is 0 Å². The van der Waals surface area contributed by atoms with Crippen molar-refractivity contribution in [3.8, 4) is 0 Å². The van der Waals surface area contributed by atoms with Crippen molar-refractivity contribution in [1.82, 2.24) is 14.9 Å². The molecular formula is C22H27N5O2. The lowest BCUT2D eigenvalue weighted by Crippen LogP contribution is -2.52. The number of benzene rings is 1. The lowest BCUT2D eigenvalue weighted by Gasteiger charge is -2.43. The quantitative estimate of drug-likeness (QED) is 0.714. The number of hydrogen-bond donors (Lipinski definition) is 2. The maximum absolute atomic E-state index is 11.2. The molecule has 1 aromatic carbocycles. The fraction of sp³-hybridized carbons (Fsp3) is 0.500. The van der Waals surface area contributed by atoms with Gasteiger partial charge >= 0.3 is 5.97 Å². The first-order valence-corrected chi connectivity index (χ1v) is 10.6. The van der Waals surface area contributed by atoms with Gasteiger partial charge in [0.1, 0.15) is 18.0 Å². The number of nitrogens with one attached hydrogen (secondary N) is 1. The number of carbonyl (C=O) groups is 1. The molecule has 0 atom stereocenters. The third-order valence-electron chi connectivity index (χ3n) is 6.33. The van der Waals surface area contributed by atoms with Crippen LogP contribution in [0.2, 0.25) is 0 Å². The second-order valence-corrected chi connectivity index (χ2v) is 8.52. The van der Waals surface area contributed by atoms with Crippen LogP contribution in [0.4, 0.5) is 17.3 Å². The Morgan fingerprint density at radius 2 is 2.07 bits per heavy atom.